The van der Waals surface area contributed by atoms with Crippen LogP contribution in [0.3, 0.4) is 0 Å². The summed E-state index contributed by atoms with van der Waals surface area (Å²) in [5.41, 5.74) is 0.994. The maximum Gasteiger partial charge on any atom is 0.287 e. The Morgan fingerprint density at radius 3 is 2.41 bits per heavy atom. The topological polar surface area (TPSA) is 81.0 Å². The number of piperidine rings is 1. The van der Waals surface area contributed by atoms with Crippen LogP contribution in [0.15, 0.2) is 53.1 Å². The Bertz CT molecular complexity index is 794. The number of nitrogens with zero attached hydrogens (tertiary/aromatic N) is 1. The van der Waals surface area contributed by atoms with Gasteiger partial charge in [-0.2, -0.15) is 0 Å². The fourth-order valence-corrected chi connectivity index (χ4v) is 3.95. The molecular weight excluding hydrogens is 372 g/mol. The molecular formula is C22H26N2O5. The fraction of sp³-hybridized carbons (Fsp3) is 0.455. The second-order valence-electron chi connectivity index (χ2n) is 7.47. The van der Waals surface area contributed by atoms with Crippen molar-refractivity contribution >= 4 is 11.8 Å². The van der Waals surface area contributed by atoms with E-state index < -0.39 is 6.04 Å². The van der Waals surface area contributed by atoms with Crippen molar-refractivity contribution in [3.63, 3.8) is 0 Å². The van der Waals surface area contributed by atoms with Gasteiger partial charge >= 0.3 is 0 Å². The second kappa shape index (κ2) is 9.24. The van der Waals surface area contributed by atoms with Gasteiger partial charge in [0.2, 0.25) is 5.91 Å². The van der Waals surface area contributed by atoms with Crippen molar-refractivity contribution < 1.29 is 23.5 Å². The van der Waals surface area contributed by atoms with Gasteiger partial charge in [-0.1, -0.05) is 30.3 Å². The van der Waals surface area contributed by atoms with E-state index in [0.29, 0.717) is 38.6 Å². The van der Waals surface area contributed by atoms with Crippen LogP contribution in [0.2, 0.25) is 0 Å². The molecule has 1 unspecified atom stereocenters. The largest absolute Gasteiger partial charge is 0.459 e. The van der Waals surface area contributed by atoms with Crippen molar-refractivity contribution in [2.24, 2.45) is 5.92 Å². The summed E-state index contributed by atoms with van der Waals surface area (Å²) in [6.45, 7) is 2.55. The summed E-state index contributed by atoms with van der Waals surface area (Å²) in [5, 5.41) is 2.86. The molecule has 0 bridgehead atoms. The summed E-state index contributed by atoms with van der Waals surface area (Å²) in [5.74, 6) is 0.0596. The van der Waals surface area contributed by atoms with E-state index in [1.54, 1.807) is 12.1 Å². The predicted molar refractivity (Wildman–Crippen MR) is 105 cm³/mol. The number of hydrogen-bond donors (Lipinski definition) is 1. The number of ether oxygens (including phenoxy) is 2. The normalized spacial score (nSPS) is 19.2. The minimum absolute atomic E-state index is 0.0690. The van der Waals surface area contributed by atoms with Gasteiger partial charge in [-0.15, -0.1) is 0 Å². The monoisotopic (exact) mass is 398 g/mol. The highest BCUT2D eigenvalue weighted by Gasteiger charge is 2.34. The van der Waals surface area contributed by atoms with Gasteiger partial charge in [-0.3, -0.25) is 9.59 Å². The Morgan fingerprint density at radius 2 is 1.76 bits per heavy atom. The van der Waals surface area contributed by atoms with Crippen LogP contribution in [0.1, 0.15) is 29.0 Å². The van der Waals surface area contributed by atoms with Crippen molar-refractivity contribution in [2.75, 3.05) is 26.3 Å². The van der Waals surface area contributed by atoms with Crippen LogP contribution >= 0.6 is 0 Å². The molecule has 1 aromatic heterocycles. The number of likely N-dealkylation sites (tertiary alicyclic amines) is 1. The average Bonchev–Trinajstić information content (AvgIpc) is 3.48. The van der Waals surface area contributed by atoms with Crippen LogP contribution in [0.25, 0.3) is 0 Å². The number of rotatable bonds is 6. The molecule has 2 aliphatic rings. The van der Waals surface area contributed by atoms with Gasteiger partial charge in [0.15, 0.2) is 12.1 Å². The Balaban J connectivity index is 1.42. The van der Waals surface area contributed by atoms with E-state index >= 15 is 0 Å². The first-order chi connectivity index (χ1) is 14.2. The van der Waals surface area contributed by atoms with Crippen molar-refractivity contribution in [1.82, 2.24) is 10.2 Å². The minimum Gasteiger partial charge on any atom is -0.459 e. The van der Waals surface area contributed by atoms with Gasteiger partial charge in [-0.25, -0.2) is 0 Å². The zero-order chi connectivity index (χ0) is 20.1. The van der Waals surface area contributed by atoms with Crippen molar-refractivity contribution in [2.45, 2.75) is 31.6 Å². The van der Waals surface area contributed by atoms with E-state index in [1.165, 1.54) is 6.26 Å². The molecule has 3 heterocycles. The zero-order valence-corrected chi connectivity index (χ0v) is 16.3. The summed E-state index contributed by atoms with van der Waals surface area (Å²) in [6.07, 6.45) is 3.40. The molecule has 2 aromatic rings. The van der Waals surface area contributed by atoms with Gasteiger partial charge in [0.05, 0.1) is 19.5 Å². The lowest BCUT2D eigenvalue weighted by Crippen LogP contribution is -2.52. The van der Waals surface area contributed by atoms with Crippen LogP contribution < -0.4 is 5.32 Å². The quantitative estimate of drug-likeness (QED) is 0.807. The van der Waals surface area contributed by atoms with Crippen LogP contribution in [-0.4, -0.2) is 55.3 Å². The molecule has 1 atom stereocenters. The van der Waals surface area contributed by atoms with Gasteiger partial charge in [0.25, 0.3) is 5.91 Å². The first kappa shape index (κ1) is 19.7. The third kappa shape index (κ3) is 4.86. The van der Waals surface area contributed by atoms with Crippen molar-refractivity contribution in [1.29, 1.82) is 0 Å². The van der Waals surface area contributed by atoms with E-state index in [2.05, 4.69) is 5.32 Å². The molecule has 0 aliphatic carbocycles. The highest BCUT2D eigenvalue weighted by molar-refractivity contribution is 5.95. The molecule has 1 aromatic carbocycles. The average molecular weight is 398 g/mol. The van der Waals surface area contributed by atoms with E-state index in [0.717, 1.165) is 18.4 Å². The van der Waals surface area contributed by atoms with Gasteiger partial charge in [0, 0.05) is 25.4 Å². The summed E-state index contributed by atoms with van der Waals surface area (Å²) in [6, 6.07) is 12.3. The number of benzene rings is 1. The molecule has 4 rings (SSSR count). The number of furan rings is 1. The smallest absolute Gasteiger partial charge is 0.287 e. The number of hydrogen-bond acceptors (Lipinski definition) is 5. The zero-order valence-electron chi connectivity index (χ0n) is 16.3. The third-order valence-electron chi connectivity index (χ3n) is 5.51. The molecule has 1 N–H and O–H groups in total. The van der Waals surface area contributed by atoms with Gasteiger partial charge in [0.1, 0.15) is 6.04 Å². The minimum atomic E-state index is -0.648. The molecule has 154 valence electrons. The molecule has 7 heteroatoms. The van der Waals surface area contributed by atoms with Crippen molar-refractivity contribution in [3.8, 4) is 0 Å². The number of carbonyl (C=O) groups is 2. The maximum atomic E-state index is 13.3. The lowest BCUT2D eigenvalue weighted by atomic mass is 9.95. The van der Waals surface area contributed by atoms with Crippen LogP contribution in [-0.2, 0) is 20.7 Å². The highest BCUT2D eigenvalue weighted by Crippen LogP contribution is 2.26. The van der Waals surface area contributed by atoms with Crippen LogP contribution in [0.4, 0.5) is 0 Å². The fourth-order valence-electron chi connectivity index (χ4n) is 3.95. The second-order valence-corrected chi connectivity index (χ2v) is 7.47. The number of nitrogens with one attached hydrogen (secondary N) is 1. The van der Waals surface area contributed by atoms with Crippen molar-refractivity contribution in [3.05, 3.63) is 60.1 Å². The molecule has 0 radical (unpaired) electrons. The van der Waals surface area contributed by atoms with E-state index in [9.17, 15) is 9.59 Å². The summed E-state index contributed by atoms with van der Waals surface area (Å²) >= 11 is 0. The molecule has 2 amide bonds. The SMILES string of the molecule is O=C(NC(Cc1ccccc1)C(=O)N1CCC(C2OCCO2)CC1)c1ccco1. The molecule has 7 nitrogen and oxygen atoms in total. The van der Waals surface area contributed by atoms with E-state index in [4.69, 9.17) is 13.9 Å². The summed E-state index contributed by atoms with van der Waals surface area (Å²) < 4.78 is 16.4. The van der Waals surface area contributed by atoms with E-state index in [-0.39, 0.29) is 23.9 Å². The predicted octanol–water partition coefficient (Wildman–Crippen LogP) is 2.23. The Morgan fingerprint density at radius 1 is 1.03 bits per heavy atom. The van der Waals surface area contributed by atoms with Gasteiger partial charge in [-0.05, 0) is 30.5 Å². The Labute approximate surface area is 170 Å². The highest BCUT2D eigenvalue weighted by atomic mass is 16.7. The molecule has 2 aliphatic heterocycles. The lowest BCUT2D eigenvalue weighted by Gasteiger charge is -2.35. The van der Waals surface area contributed by atoms with Crippen LogP contribution in [0.5, 0.6) is 0 Å². The standard InChI is InChI=1S/C22H26N2O5/c25-20(19-7-4-12-27-19)23-18(15-16-5-2-1-3-6-16)21(26)24-10-8-17(9-11-24)22-28-13-14-29-22/h1-7,12,17-18,22H,8-11,13-15H2,(H,23,25). The number of amides is 2. The Hall–Kier alpha value is -2.64. The van der Waals surface area contributed by atoms with Gasteiger partial charge < -0.3 is 24.1 Å². The Kier molecular flexibility index (Phi) is 6.27. The lowest BCUT2D eigenvalue weighted by molar-refractivity contribution is -0.138. The first-order valence-electron chi connectivity index (χ1n) is 10.1. The molecule has 2 fully saturated rings. The number of carbonyl (C=O) groups excluding carboxylic acids is 2. The first-order valence-corrected chi connectivity index (χ1v) is 10.1. The summed E-state index contributed by atoms with van der Waals surface area (Å²) in [4.78, 5) is 27.6. The third-order valence-corrected chi connectivity index (χ3v) is 5.51. The van der Waals surface area contributed by atoms with E-state index in [1.807, 2.05) is 35.2 Å². The molecule has 0 spiro atoms. The molecule has 29 heavy (non-hydrogen) atoms. The summed E-state index contributed by atoms with van der Waals surface area (Å²) in [7, 11) is 0. The molecule has 0 saturated carbocycles. The molecule has 2 saturated heterocycles. The van der Waals surface area contributed by atoms with Crippen LogP contribution in [0, 0.1) is 5.92 Å². The maximum absolute atomic E-state index is 13.3.